The highest BCUT2D eigenvalue weighted by Gasteiger charge is 2.43. The molecule has 1 heterocycles. The summed E-state index contributed by atoms with van der Waals surface area (Å²) >= 11 is 3.11. The zero-order valence-corrected chi connectivity index (χ0v) is 15.1. The Kier molecular flexibility index (Phi) is 5.41. The van der Waals surface area contributed by atoms with Crippen molar-refractivity contribution >= 4 is 39.7 Å². The van der Waals surface area contributed by atoms with Gasteiger partial charge in [-0.2, -0.15) is 0 Å². The van der Waals surface area contributed by atoms with Crippen LogP contribution in [0.3, 0.4) is 0 Å². The van der Waals surface area contributed by atoms with Gasteiger partial charge in [0.1, 0.15) is 11.4 Å². The Hall–Kier alpha value is -2.49. The van der Waals surface area contributed by atoms with Crippen molar-refractivity contribution in [3.63, 3.8) is 0 Å². The summed E-state index contributed by atoms with van der Waals surface area (Å²) in [6, 6.07) is 2.99. The first-order valence-corrected chi connectivity index (χ1v) is 8.09. The second-order valence-electron chi connectivity index (χ2n) is 5.89. The summed E-state index contributed by atoms with van der Waals surface area (Å²) < 4.78 is 13.5. The number of hydrogen-bond acceptors (Lipinski definition) is 4. The van der Waals surface area contributed by atoms with E-state index in [2.05, 4.69) is 32.1 Å². The summed E-state index contributed by atoms with van der Waals surface area (Å²) in [5.41, 5.74) is 3.29. The van der Waals surface area contributed by atoms with E-state index in [9.17, 15) is 23.6 Å². The molecular formula is C15H16BrFN4O4. The Bertz CT molecular complexity index is 753. The lowest BCUT2D eigenvalue weighted by Gasteiger charge is -2.15. The molecule has 0 aliphatic carbocycles. The van der Waals surface area contributed by atoms with Crippen molar-refractivity contribution in [2.45, 2.75) is 25.8 Å². The first-order valence-electron chi connectivity index (χ1n) is 7.30. The van der Waals surface area contributed by atoms with Gasteiger partial charge in [-0.15, -0.1) is 0 Å². The molecule has 1 aliphatic heterocycles. The quantitative estimate of drug-likeness (QED) is 0.505. The predicted molar refractivity (Wildman–Crippen MR) is 88.6 cm³/mol. The third-order valence-electron chi connectivity index (χ3n) is 3.50. The average Bonchev–Trinajstić information content (AvgIpc) is 2.73. The van der Waals surface area contributed by atoms with Crippen LogP contribution in [-0.4, -0.2) is 40.7 Å². The molecular weight excluding hydrogens is 399 g/mol. The van der Waals surface area contributed by atoms with Crippen LogP contribution in [0.2, 0.25) is 0 Å². The Morgan fingerprint density at radius 1 is 1.28 bits per heavy atom. The number of amides is 5. The number of nitrogens with zero attached hydrogens (tertiary/aromatic N) is 1. The molecule has 0 bridgehead atoms. The van der Waals surface area contributed by atoms with Crippen LogP contribution in [0.25, 0.3) is 0 Å². The predicted octanol–water partition coefficient (Wildman–Crippen LogP) is 1.07. The van der Waals surface area contributed by atoms with Gasteiger partial charge in [-0.1, -0.05) is 0 Å². The molecule has 0 saturated carbocycles. The number of benzene rings is 1. The number of rotatable bonds is 4. The van der Waals surface area contributed by atoms with E-state index < -0.39 is 35.1 Å². The van der Waals surface area contributed by atoms with Crippen LogP contribution in [0.5, 0.6) is 0 Å². The molecule has 25 heavy (non-hydrogen) atoms. The second-order valence-corrected chi connectivity index (χ2v) is 6.74. The SMILES string of the molecule is CC1(C)NC(=O)N(CCC(=O)NNC(=O)c2cc(F)ccc2Br)C1=O. The molecule has 1 aliphatic rings. The van der Waals surface area contributed by atoms with Crippen molar-refractivity contribution in [3.8, 4) is 0 Å². The van der Waals surface area contributed by atoms with Crippen molar-refractivity contribution in [1.29, 1.82) is 0 Å². The summed E-state index contributed by atoms with van der Waals surface area (Å²) in [7, 11) is 0. The number of carbonyl (C=O) groups is 4. The van der Waals surface area contributed by atoms with E-state index in [1.807, 2.05) is 0 Å². The maximum atomic E-state index is 13.2. The van der Waals surface area contributed by atoms with Crippen LogP contribution < -0.4 is 16.2 Å². The monoisotopic (exact) mass is 414 g/mol. The lowest BCUT2D eigenvalue weighted by atomic mass is 10.1. The summed E-state index contributed by atoms with van der Waals surface area (Å²) in [5, 5.41) is 2.50. The van der Waals surface area contributed by atoms with Crippen molar-refractivity contribution in [2.24, 2.45) is 0 Å². The molecule has 0 aromatic heterocycles. The first kappa shape index (κ1) is 18.8. The Morgan fingerprint density at radius 3 is 2.56 bits per heavy atom. The van der Waals surface area contributed by atoms with Crippen LogP contribution in [0, 0.1) is 5.82 Å². The van der Waals surface area contributed by atoms with Gasteiger partial charge >= 0.3 is 6.03 Å². The van der Waals surface area contributed by atoms with Crippen molar-refractivity contribution < 1.29 is 23.6 Å². The molecule has 5 amide bonds. The van der Waals surface area contributed by atoms with E-state index >= 15 is 0 Å². The number of carbonyl (C=O) groups excluding carboxylic acids is 4. The van der Waals surface area contributed by atoms with E-state index in [1.54, 1.807) is 13.8 Å². The minimum absolute atomic E-state index is 0.0103. The normalized spacial score (nSPS) is 15.8. The van der Waals surface area contributed by atoms with Gasteiger partial charge in [0.05, 0.1) is 5.56 Å². The third-order valence-corrected chi connectivity index (χ3v) is 4.19. The fraction of sp³-hybridized carbons (Fsp3) is 0.333. The summed E-state index contributed by atoms with van der Waals surface area (Å²) in [6.45, 7) is 2.99. The molecule has 10 heteroatoms. The molecule has 0 unspecified atom stereocenters. The Balaban J connectivity index is 1.85. The van der Waals surface area contributed by atoms with E-state index in [-0.39, 0.29) is 18.5 Å². The zero-order chi connectivity index (χ0) is 18.8. The topological polar surface area (TPSA) is 108 Å². The maximum Gasteiger partial charge on any atom is 0.325 e. The van der Waals surface area contributed by atoms with Gasteiger partial charge in [0.15, 0.2) is 0 Å². The number of nitrogens with one attached hydrogen (secondary N) is 3. The van der Waals surface area contributed by atoms with Gasteiger partial charge in [-0.3, -0.25) is 30.1 Å². The number of hydrogen-bond donors (Lipinski definition) is 3. The molecule has 0 atom stereocenters. The van der Waals surface area contributed by atoms with Crippen LogP contribution in [0.1, 0.15) is 30.6 Å². The molecule has 2 rings (SSSR count). The van der Waals surface area contributed by atoms with Gasteiger partial charge in [-0.25, -0.2) is 9.18 Å². The third kappa shape index (κ3) is 4.32. The minimum atomic E-state index is -1.01. The van der Waals surface area contributed by atoms with Gasteiger partial charge in [0.25, 0.3) is 11.8 Å². The maximum absolute atomic E-state index is 13.2. The van der Waals surface area contributed by atoms with Gasteiger partial charge in [0, 0.05) is 17.4 Å². The highest BCUT2D eigenvalue weighted by atomic mass is 79.9. The number of urea groups is 1. The highest BCUT2D eigenvalue weighted by Crippen LogP contribution is 2.18. The zero-order valence-electron chi connectivity index (χ0n) is 13.5. The van der Waals surface area contributed by atoms with Crippen LogP contribution in [0.4, 0.5) is 9.18 Å². The van der Waals surface area contributed by atoms with Crippen molar-refractivity contribution in [2.75, 3.05) is 6.54 Å². The fourth-order valence-corrected chi connectivity index (χ4v) is 2.59. The largest absolute Gasteiger partial charge is 0.325 e. The van der Waals surface area contributed by atoms with E-state index in [0.29, 0.717) is 4.47 Å². The highest BCUT2D eigenvalue weighted by molar-refractivity contribution is 9.10. The molecule has 1 saturated heterocycles. The number of halogens is 2. The molecule has 0 radical (unpaired) electrons. The minimum Gasteiger partial charge on any atom is -0.324 e. The van der Waals surface area contributed by atoms with Crippen molar-refractivity contribution in [3.05, 3.63) is 34.1 Å². The number of imide groups is 1. The standard InChI is InChI=1S/C15H16BrFN4O4/c1-15(2)13(24)21(14(25)18-15)6-5-11(22)19-20-12(23)9-7-8(17)3-4-10(9)16/h3-4,7H,5-6H2,1-2H3,(H,18,25)(H,19,22)(H,20,23). The van der Waals surface area contributed by atoms with Gasteiger partial charge in [-0.05, 0) is 48.0 Å². The molecule has 3 N–H and O–H groups in total. The first-order chi connectivity index (χ1) is 11.6. The molecule has 134 valence electrons. The average molecular weight is 415 g/mol. The Morgan fingerprint density at radius 2 is 1.96 bits per heavy atom. The smallest absolute Gasteiger partial charge is 0.324 e. The van der Waals surface area contributed by atoms with Crippen LogP contribution in [0.15, 0.2) is 22.7 Å². The molecule has 1 fully saturated rings. The number of hydrazine groups is 1. The Labute approximate surface area is 151 Å². The fourth-order valence-electron chi connectivity index (χ4n) is 2.16. The lowest BCUT2D eigenvalue weighted by molar-refractivity contribution is -0.130. The molecule has 0 spiro atoms. The lowest BCUT2D eigenvalue weighted by Crippen LogP contribution is -2.44. The van der Waals surface area contributed by atoms with E-state index in [4.69, 9.17) is 0 Å². The summed E-state index contributed by atoms with van der Waals surface area (Å²) in [4.78, 5) is 48.3. The molecule has 1 aromatic rings. The van der Waals surface area contributed by atoms with Crippen LogP contribution >= 0.6 is 15.9 Å². The second kappa shape index (κ2) is 7.18. The van der Waals surface area contributed by atoms with E-state index in [0.717, 1.165) is 11.0 Å². The van der Waals surface area contributed by atoms with E-state index in [1.165, 1.54) is 12.1 Å². The summed E-state index contributed by atoms with van der Waals surface area (Å²) in [5.74, 6) is -2.35. The summed E-state index contributed by atoms with van der Waals surface area (Å²) in [6.07, 6.45) is -0.195. The molecule has 1 aromatic carbocycles. The van der Waals surface area contributed by atoms with Crippen molar-refractivity contribution in [1.82, 2.24) is 21.1 Å². The molecule has 8 nitrogen and oxygen atoms in total. The van der Waals surface area contributed by atoms with Gasteiger partial charge in [0.2, 0.25) is 5.91 Å². The van der Waals surface area contributed by atoms with Gasteiger partial charge < -0.3 is 5.32 Å². The van der Waals surface area contributed by atoms with Crippen LogP contribution in [-0.2, 0) is 9.59 Å².